The van der Waals surface area contributed by atoms with Gasteiger partial charge in [0.2, 0.25) is 6.10 Å². The van der Waals surface area contributed by atoms with Crippen LogP contribution in [-0.2, 0) is 14.3 Å². The molecular formula is C19H18F2N2O4S. The number of carbonyl (C=O) groups excluding carboxylic acids is 3. The average molecular weight is 408 g/mol. The number of esters is 1. The minimum Gasteiger partial charge on any atom is -0.447 e. The van der Waals surface area contributed by atoms with E-state index in [-0.39, 0.29) is 10.6 Å². The third kappa shape index (κ3) is 6.34. The van der Waals surface area contributed by atoms with Crippen LogP contribution < -0.4 is 10.6 Å². The summed E-state index contributed by atoms with van der Waals surface area (Å²) in [6.45, 7) is 1.99. The first-order chi connectivity index (χ1) is 13.4. The highest BCUT2D eigenvalue weighted by Gasteiger charge is 2.26. The first kappa shape index (κ1) is 21.4. The van der Waals surface area contributed by atoms with Crippen molar-refractivity contribution in [2.24, 2.45) is 0 Å². The van der Waals surface area contributed by atoms with Crippen molar-refractivity contribution in [2.45, 2.75) is 17.9 Å². The summed E-state index contributed by atoms with van der Waals surface area (Å²) in [5, 5.41) is 4.49. The number of amides is 3. The van der Waals surface area contributed by atoms with Crippen LogP contribution in [0.15, 0.2) is 53.4 Å². The van der Waals surface area contributed by atoms with E-state index >= 15 is 0 Å². The smallest absolute Gasteiger partial charge is 0.321 e. The Labute approximate surface area is 164 Å². The van der Waals surface area contributed by atoms with Crippen molar-refractivity contribution >= 4 is 29.7 Å². The van der Waals surface area contributed by atoms with Crippen LogP contribution in [-0.4, -0.2) is 30.2 Å². The number of ether oxygens (including phenoxy) is 1. The van der Waals surface area contributed by atoms with Gasteiger partial charge in [0.25, 0.3) is 5.91 Å². The Morgan fingerprint density at radius 1 is 1.11 bits per heavy atom. The number of carbonyl (C=O) groups is 3. The Kier molecular flexibility index (Phi) is 7.94. The number of benzene rings is 2. The normalized spacial score (nSPS) is 11.4. The molecule has 2 aromatic rings. The molecule has 0 fully saturated rings. The fraction of sp³-hybridized carbons (Fsp3) is 0.211. The molecule has 2 aromatic carbocycles. The zero-order chi connectivity index (χ0) is 20.5. The van der Waals surface area contributed by atoms with Crippen molar-refractivity contribution in [3.63, 3.8) is 0 Å². The molecule has 0 spiro atoms. The lowest BCUT2D eigenvalue weighted by Gasteiger charge is -2.17. The summed E-state index contributed by atoms with van der Waals surface area (Å²) in [4.78, 5) is 36.1. The van der Waals surface area contributed by atoms with Crippen molar-refractivity contribution < 1.29 is 27.9 Å². The number of nitrogens with one attached hydrogen (secondary N) is 2. The lowest BCUT2D eigenvalue weighted by atomic mass is 10.1. The molecule has 0 aliphatic heterocycles. The Morgan fingerprint density at radius 2 is 1.82 bits per heavy atom. The maximum atomic E-state index is 13.6. The molecule has 28 heavy (non-hydrogen) atoms. The van der Waals surface area contributed by atoms with Gasteiger partial charge in [-0.25, -0.2) is 13.6 Å². The van der Waals surface area contributed by atoms with Crippen LogP contribution in [0.5, 0.6) is 0 Å². The summed E-state index contributed by atoms with van der Waals surface area (Å²) in [5.41, 5.74) is 0.361. The van der Waals surface area contributed by atoms with Gasteiger partial charge in [0.1, 0.15) is 11.6 Å². The van der Waals surface area contributed by atoms with Gasteiger partial charge >= 0.3 is 12.0 Å². The molecule has 2 N–H and O–H groups in total. The Morgan fingerprint density at radius 3 is 2.50 bits per heavy atom. The van der Waals surface area contributed by atoms with E-state index in [2.05, 4.69) is 10.6 Å². The number of hydrogen-bond donors (Lipinski definition) is 2. The van der Waals surface area contributed by atoms with Gasteiger partial charge in [0.15, 0.2) is 0 Å². The van der Waals surface area contributed by atoms with Gasteiger partial charge in [-0.05, 0) is 25.1 Å². The highest BCUT2D eigenvalue weighted by atomic mass is 32.2. The molecule has 6 nitrogen and oxygen atoms in total. The topological polar surface area (TPSA) is 84.5 Å². The van der Waals surface area contributed by atoms with E-state index < -0.39 is 35.6 Å². The zero-order valence-corrected chi connectivity index (χ0v) is 15.7. The Bertz CT molecular complexity index is 849. The van der Waals surface area contributed by atoms with Gasteiger partial charge in [0, 0.05) is 17.0 Å². The molecule has 0 saturated heterocycles. The van der Waals surface area contributed by atoms with Crippen LogP contribution in [0, 0.1) is 11.6 Å². The van der Waals surface area contributed by atoms with E-state index in [0.29, 0.717) is 12.1 Å². The predicted molar refractivity (Wildman–Crippen MR) is 99.6 cm³/mol. The first-order valence-electron chi connectivity index (χ1n) is 8.31. The molecule has 1 atom stereocenters. The van der Waals surface area contributed by atoms with Gasteiger partial charge in [-0.3, -0.25) is 14.9 Å². The van der Waals surface area contributed by atoms with Crippen molar-refractivity contribution in [3.05, 3.63) is 65.7 Å². The third-order valence-electron chi connectivity index (χ3n) is 3.40. The second kappa shape index (κ2) is 10.4. The lowest BCUT2D eigenvalue weighted by molar-refractivity contribution is -0.153. The standard InChI is InChI=1S/C19H18F2N2O4S/c1-2-22-19(26)23-18(25)17(12-6-4-3-5-7-12)27-16(24)11-28-15-10-13(20)8-9-14(15)21/h3-10,17H,2,11H2,1H3,(H2,22,23,25,26)/t17-/m0/s1. The van der Waals surface area contributed by atoms with Gasteiger partial charge < -0.3 is 10.1 Å². The van der Waals surface area contributed by atoms with Crippen LogP contribution in [0.2, 0.25) is 0 Å². The van der Waals surface area contributed by atoms with Gasteiger partial charge in [-0.15, -0.1) is 11.8 Å². The number of halogens is 2. The van der Waals surface area contributed by atoms with Crippen molar-refractivity contribution in [1.82, 2.24) is 10.6 Å². The largest absolute Gasteiger partial charge is 0.447 e. The van der Waals surface area contributed by atoms with E-state index in [4.69, 9.17) is 4.74 Å². The summed E-state index contributed by atoms with van der Waals surface area (Å²) in [6.07, 6.45) is -1.37. The molecule has 0 aromatic heterocycles. The van der Waals surface area contributed by atoms with E-state index in [0.717, 1.165) is 30.0 Å². The van der Waals surface area contributed by atoms with Crippen molar-refractivity contribution in [2.75, 3.05) is 12.3 Å². The maximum absolute atomic E-state index is 13.6. The Hall–Kier alpha value is -2.94. The number of imide groups is 1. The molecule has 3 amide bonds. The summed E-state index contributed by atoms with van der Waals surface area (Å²) in [6, 6.07) is 10.3. The summed E-state index contributed by atoms with van der Waals surface area (Å²) >= 11 is 0.740. The molecule has 0 saturated carbocycles. The number of urea groups is 1. The van der Waals surface area contributed by atoms with Crippen LogP contribution >= 0.6 is 11.8 Å². The second-order valence-electron chi connectivity index (χ2n) is 5.49. The molecule has 0 bridgehead atoms. The van der Waals surface area contributed by atoms with E-state index in [1.165, 1.54) is 0 Å². The monoisotopic (exact) mass is 408 g/mol. The van der Waals surface area contributed by atoms with E-state index in [9.17, 15) is 23.2 Å². The molecule has 0 heterocycles. The number of rotatable bonds is 7. The summed E-state index contributed by atoms with van der Waals surface area (Å²) < 4.78 is 32.1. The SMILES string of the molecule is CCNC(=O)NC(=O)[C@@H](OC(=O)CSc1cc(F)ccc1F)c1ccccc1. The molecule has 9 heteroatoms. The molecule has 2 rings (SSSR count). The maximum Gasteiger partial charge on any atom is 0.321 e. The quantitative estimate of drug-likeness (QED) is 0.543. The van der Waals surface area contributed by atoms with Crippen molar-refractivity contribution in [1.29, 1.82) is 0 Å². The van der Waals surface area contributed by atoms with E-state index in [1.807, 2.05) is 0 Å². The number of hydrogen-bond acceptors (Lipinski definition) is 5. The zero-order valence-electron chi connectivity index (χ0n) is 14.9. The summed E-state index contributed by atoms with van der Waals surface area (Å²) in [7, 11) is 0. The van der Waals surface area contributed by atoms with Gasteiger partial charge in [-0.2, -0.15) is 0 Å². The van der Waals surface area contributed by atoms with E-state index in [1.54, 1.807) is 37.3 Å². The fourth-order valence-electron chi connectivity index (χ4n) is 2.17. The highest BCUT2D eigenvalue weighted by Crippen LogP contribution is 2.24. The summed E-state index contributed by atoms with van der Waals surface area (Å²) in [5.74, 6) is -3.31. The minimum absolute atomic E-state index is 0.0556. The predicted octanol–water partition coefficient (Wildman–Crippen LogP) is 3.19. The van der Waals surface area contributed by atoms with Crippen molar-refractivity contribution in [3.8, 4) is 0 Å². The van der Waals surface area contributed by atoms with Crippen LogP contribution in [0.25, 0.3) is 0 Å². The minimum atomic E-state index is -1.37. The average Bonchev–Trinajstić information content (AvgIpc) is 2.67. The molecule has 0 radical (unpaired) electrons. The van der Waals surface area contributed by atoms with Crippen LogP contribution in [0.3, 0.4) is 0 Å². The van der Waals surface area contributed by atoms with Gasteiger partial charge in [0.05, 0.1) is 5.75 Å². The lowest BCUT2D eigenvalue weighted by Crippen LogP contribution is -2.42. The first-order valence-corrected chi connectivity index (χ1v) is 9.30. The molecule has 148 valence electrons. The number of thioether (sulfide) groups is 1. The molecule has 0 aliphatic rings. The van der Waals surface area contributed by atoms with Crippen LogP contribution in [0.1, 0.15) is 18.6 Å². The van der Waals surface area contributed by atoms with Crippen LogP contribution in [0.4, 0.5) is 13.6 Å². The molecular weight excluding hydrogens is 390 g/mol. The molecule has 0 aliphatic carbocycles. The highest BCUT2D eigenvalue weighted by molar-refractivity contribution is 8.00. The molecule has 0 unspecified atom stereocenters. The third-order valence-corrected chi connectivity index (χ3v) is 4.41. The fourth-order valence-corrected chi connectivity index (χ4v) is 2.92. The second-order valence-corrected chi connectivity index (χ2v) is 6.51. The Balaban J connectivity index is 2.06. The van der Waals surface area contributed by atoms with Gasteiger partial charge in [-0.1, -0.05) is 30.3 Å².